The molecule has 0 spiro atoms. The standard InChI is InChI=1S/C20H19F3N6O4/c21-20(22,23)19-27-16(28-33-19)13-1-2-15(25-9-13)17(30)26-10-14-11-32-8-7-29(14)18(31)12-3-5-24-6-4-12/h1-5,9,14,24H,6-8,10-11H2,(H,26,30)/t14-/m0/s1. The van der Waals surface area contributed by atoms with Crippen molar-refractivity contribution in [3.8, 4) is 11.4 Å². The van der Waals surface area contributed by atoms with Gasteiger partial charge in [0.1, 0.15) is 5.69 Å². The summed E-state index contributed by atoms with van der Waals surface area (Å²) in [6.07, 6.45) is 1.62. The van der Waals surface area contributed by atoms with E-state index in [1.807, 2.05) is 0 Å². The lowest BCUT2D eigenvalue weighted by Gasteiger charge is -2.36. The molecule has 2 amide bonds. The van der Waals surface area contributed by atoms with Crippen LogP contribution in [-0.2, 0) is 15.7 Å². The number of nitrogens with one attached hydrogen (secondary N) is 2. The minimum absolute atomic E-state index is 0.0388. The molecule has 0 aromatic carbocycles. The number of morpholine rings is 1. The molecule has 33 heavy (non-hydrogen) atoms. The van der Waals surface area contributed by atoms with Gasteiger partial charge in [0.05, 0.1) is 19.3 Å². The number of halogens is 3. The predicted molar refractivity (Wildman–Crippen MR) is 106 cm³/mol. The monoisotopic (exact) mass is 464 g/mol. The number of ether oxygens (including phenoxy) is 1. The molecule has 2 aromatic rings. The number of hydrogen-bond donors (Lipinski definition) is 2. The van der Waals surface area contributed by atoms with Gasteiger partial charge in [-0.3, -0.25) is 14.6 Å². The van der Waals surface area contributed by atoms with Crippen LogP contribution >= 0.6 is 0 Å². The largest absolute Gasteiger partial charge is 0.471 e. The van der Waals surface area contributed by atoms with E-state index in [1.54, 1.807) is 23.3 Å². The van der Waals surface area contributed by atoms with Crippen LogP contribution in [0.4, 0.5) is 13.2 Å². The topological polar surface area (TPSA) is 122 Å². The van der Waals surface area contributed by atoms with E-state index in [0.29, 0.717) is 25.3 Å². The van der Waals surface area contributed by atoms with Crippen LogP contribution in [0, 0.1) is 0 Å². The third-order valence-electron chi connectivity index (χ3n) is 4.98. The SMILES string of the molecule is O=C(NC[C@H]1COCCN1C(=O)C1=CCNC=C1)c1ccc(-c2noc(C(F)(F)F)n2)cn1. The zero-order valence-electron chi connectivity index (χ0n) is 17.1. The third-order valence-corrected chi connectivity index (χ3v) is 4.98. The number of rotatable bonds is 5. The van der Waals surface area contributed by atoms with E-state index in [0.717, 1.165) is 0 Å². The van der Waals surface area contributed by atoms with Gasteiger partial charge >= 0.3 is 12.1 Å². The van der Waals surface area contributed by atoms with Crippen LogP contribution in [0.2, 0.25) is 0 Å². The van der Waals surface area contributed by atoms with E-state index in [1.165, 1.54) is 18.3 Å². The van der Waals surface area contributed by atoms with E-state index in [9.17, 15) is 22.8 Å². The molecule has 4 rings (SSSR count). The molecule has 2 aliphatic heterocycles. The molecule has 0 saturated carbocycles. The van der Waals surface area contributed by atoms with Crippen molar-refractivity contribution >= 4 is 11.8 Å². The van der Waals surface area contributed by atoms with Gasteiger partial charge in [0.15, 0.2) is 0 Å². The van der Waals surface area contributed by atoms with E-state index in [2.05, 4.69) is 30.3 Å². The molecule has 10 nitrogen and oxygen atoms in total. The predicted octanol–water partition coefficient (Wildman–Crippen LogP) is 1.15. The maximum absolute atomic E-state index is 12.8. The van der Waals surface area contributed by atoms with Gasteiger partial charge in [-0.05, 0) is 24.4 Å². The first-order valence-corrected chi connectivity index (χ1v) is 9.97. The number of alkyl halides is 3. The molecular weight excluding hydrogens is 445 g/mol. The minimum Gasteiger partial charge on any atom is -0.387 e. The Labute approximate surface area is 185 Å². The van der Waals surface area contributed by atoms with Gasteiger partial charge in [0, 0.05) is 37.0 Å². The summed E-state index contributed by atoms with van der Waals surface area (Å²) in [4.78, 5) is 34.2. The quantitative estimate of drug-likeness (QED) is 0.676. The molecule has 2 aromatic heterocycles. The smallest absolute Gasteiger partial charge is 0.387 e. The first kappa shape index (κ1) is 22.5. The summed E-state index contributed by atoms with van der Waals surface area (Å²) in [7, 11) is 0. The molecule has 0 unspecified atom stereocenters. The Morgan fingerprint density at radius 1 is 1.30 bits per heavy atom. The van der Waals surface area contributed by atoms with Gasteiger partial charge in [0.25, 0.3) is 11.8 Å². The summed E-state index contributed by atoms with van der Waals surface area (Å²) in [6.45, 7) is 1.78. The van der Waals surface area contributed by atoms with Gasteiger partial charge in [-0.1, -0.05) is 11.2 Å². The van der Waals surface area contributed by atoms with Crippen molar-refractivity contribution in [2.24, 2.45) is 0 Å². The summed E-state index contributed by atoms with van der Waals surface area (Å²) in [6, 6.07) is 2.33. The van der Waals surface area contributed by atoms with Crippen molar-refractivity contribution in [3.63, 3.8) is 0 Å². The number of amides is 2. The molecule has 174 valence electrons. The van der Waals surface area contributed by atoms with Gasteiger partial charge in [-0.2, -0.15) is 18.2 Å². The molecule has 2 aliphatic rings. The maximum Gasteiger partial charge on any atom is 0.471 e. The molecule has 0 bridgehead atoms. The highest BCUT2D eigenvalue weighted by atomic mass is 19.4. The Morgan fingerprint density at radius 3 is 2.82 bits per heavy atom. The second kappa shape index (κ2) is 9.40. The van der Waals surface area contributed by atoms with Crippen LogP contribution in [0.25, 0.3) is 11.4 Å². The Kier molecular flexibility index (Phi) is 6.40. The highest BCUT2D eigenvalue weighted by Crippen LogP contribution is 2.29. The summed E-state index contributed by atoms with van der Waals surface area (Å²) in [5, 5.41) is 8.98. The highest BCUT2D eigenvalue weighted by molar-refractivity contribution is 5.97. The van der Waals surface area contributed by atoms with Crippen molar-refractivity contribution in [2.75, 3.05) is 32.8 Å². The molecule has 2 N–H and O–H groups in total. The number of carbonyl (C=O) groups excluding carboxylic acids is 2. The first-order valence-electron chi connectivity index (χ1n) is 9.97. The van der Waals surface area contributed by atoms with E-state index >= 15 is 0 Å². The van der Waals surface area contributed by atoms with Crippen molar-refractivity contribution in [1.29, 1.82) is 0 Å². The first-order chi connectivity index (χ1) is 15.8. The molecule has 1 saturated heterocycles. The van der Waals surface area contributed by atoms with Crippen LogP contribution in [0.5, 0.6) is 0 Å². The van der Waals surface area contributed by atoms with E-state index < -0.39 is 18.0 Å². The van der Waals surface area contributed by atoms with Crippen LogP contribution in [-0.4, -0.2) is 70.7 Å². The molecular formula is C20H19F3N6O4. The Hall–Kier alpha value is -3.74. The van der Waals surface area contributed by atoms with Gasteiger partial charge in [-0.25, -0.2) is 0 Å². The Balaban J connectivity index is 1.37. The van der Waals surface area contributed by atoms with Gasteiger partial charge in [-0.15, -0.1) is 0 Å². The highest BCUT2D eigenvalue weighted by Gasteiger charge is 2.38. The summed E-state index contributed by atoms with van der Waals surface area (Å²) < 4.78 is 47.5. The second-order valence-corrected chi connectivity index (χ2v) is 7.19. The van der Waals surface area contributed by atoms with Crippen molar-refractivity contribution in [1.82, 2.24) is 30.7 Å². The normalized spacial score (nSPS) is 18.5. The molecule has 13 heteroatoms. The number of dihydropyridines is 1. The van der Waals surface area contributed by atoms with Crippen molar-refractivity contribution < 1.29 is 32.0 Å². The number of hydrogen-bond acceptors (Lipinski definition) is 8. The fourth-order valence-electron chi connectivity index (χ4n) is 3.29. The summed E-state index contributed by atoms with van der Waals surface area (Å²) in [5.74, 6) is -2.42. The number of nitrogens with zero attached hydrogens (tertiary/aromatic N) is 4. The van der Waals surface area contributed by atoms with Crippen LogP contribution in [0.15, 0.2) is 46.8 Å². The minimum atomic E-state index is -4.75. The van der Waals surface area contributed by atoms with Gasteiger partial charge in [0.2, 0.25) is 5.82 Å². The zero-order valence-corrected chi connectivity index (χ0v) is 17.1. The number of aromatic nitrogens is 3. The van der Waals surface area contributed by atoms with E-state index in [-0.39, 0.29) is 42.2 Å². The molecule has 4 heterocycles. The molecule has 1 fully saturated rings. The Bertz CT molecular complexity index is 1080. The average molecular weight is 464 g/mol. The summed E-state index contributed by atoms with van der Waals surface area (Å²) >= 11 is 0. The molecule has 1 atom stereocenters. The number of pyridine rings is 1. The lowest BCUT2D eigenvalue weighted by atomic mass is 10.1. The fourth-order valence-corrected chi connectivity index (χ4v) is 3.29. The average Bonchev–Trinajstić information content (AvgIpc) is 3.34. The lowest BCUT2D eigenvalue weighted by molar-refractivity contribution is -0.159. The lowest BCUT2D eigenvalue weighted by Crippen LogP contribution is -2.54. The summed E-state index contributed by atoms with van der Waals surface area (Å²) in [5.41, 5.74) is 0.767. The third kappa shape index (κ3) is 5.19. The van der Waals surface area contributed by atoms with Crippen LogP contribution < -0.4 is 10.6 Å². The van der Waals surface area contributed by atoms with Crippen LogP contribution in [0.3, 0.4) is 0 Å². The zero-order chi connectivity index (χ0) is 23.4. The maximum atomic E-state index is 12.8. The van der Waals surface area contributed by atoms with E-state index in [4.69, 9.17) is 4.74 Å². The van der Waals surface area contributed by atoms with Gasteiger partial charge < -0.3 is 24.8 Å². The van der Waals surface area contributed by atoms with Crippen molar-refractivity contribution in [2.45, 2.75) is 12.2 Å². The second-order valence-electron chi connectivity index (χ2n) is 7.19. The number of carbonyl (C=O) groups is 2. The van der Waals surface area contributed by atoms with Crippen molar-refractivity contribution in [3.05, 3.63) is 53.8 Å². The Morgan fingerprint density at radius 2 is 2.15 bits per heavy atom. The van der Waals surface area contributed by atoms with Crippen LogP contribution in [0.1, 0.15) is 16.4 Å². The fraction of sp³-hybridized carbons (Fsp3) is 0.350. The molecule has 0 radical (unpaired) electrons. The molecule has 0 aliphatic carbocycles.